The van der Waals surface area contributed by atoms with Gasteiger partial charge >= 0.3 is 263 Å². The van der Waals surface area contributed by atoms with Gasteiger partial charge in [0.1, 0.15) is 0 Å². The number of halogens is 3. The van der Waals surface area contributed by atoms with Crippen LogP contribution in [0.4, 0.5) is 0 Å². The van der Waals surface area contributed by atoms with Crippen LogP contribution < -0.4 is 52.8 Å². The number of benzene rings is 4. The fraction of sp³-hybridized carbons (Fsp3) is 0.333. The first-order valence-corrected chi connectivity index (χ1v) is 17.7. The summed E-state index contributed by atoms with van der Waals surface area (Å²) < 4.78 is -0.185. The Bertz CT molecular complexity index is 1550. The average Bonchev–Trinajstić information content (AvgIpc) is 3.20. The summed E-state index contributed by atoms with van der Waals surface area (Å²) in [6, 6.07) is 31.5. The van der Waals surface area contributed by atoms with Crippen LogP contribution in [0.25, 0.3) is 6.08 Å². The van der Waals surface area contributed by atoms with Gasteiger partial charge in [-0.05, 0) is 0 Å². The van der Waals surface area contributed by atoms with E-state index in [1.54, 1.807) is 0 Å². The van der Waals surface area contributed by atoms with Gasteiger partial charge in [0, 0.05) is 0 Å². The van der Waals surface area contributed by atoms with Crippen LogP contribution in [0.1, 0.15) is 86.1 Å². The normalized spacial score (nSPS) is 16.0. The van der Waals surface area contributed by atoms with Gasteiger partial charge in [-0.3, -0.25) is 0 Å². The van der Waals surface area contributed by atoms with Crippen molar-refractivity contribution in [1.82, 2.24) is 0 Å². The van der Waals surface area contributed by atoms with E-state index in [-0.39, 0.29) is 51.4 Å². The Morgan fingerprint density at radius 1 is 0.545 bits per heavy atom. The summed E-state index contributed by atoms with van der Waals surface area (Å²) in [5, 5.41) is 4.50. The van der Waals surface area contributed by atoms with Crippen molar-refractivity contribution in [3.8, 4) is 0 Å². The maximum atomic E-state index is 2.59. The van der Waals surface area contributed by atoms with Gasteiger partial charge in [0.2, 0.25) is 0 Å². The molecule has 0 bridgehead atoms. The van der Waals surface area contributed by atoms with Crippen molar-refractivity contribution < 1.29 is 57.7 Å². The van der Waals surface area contributed by atoms with Crippen LogP contribution in [0, 0.1) is 27.7 Å². The summed E-state index contributed by atoms with van der Waals surface area (Å²) in [6.45, 7) is 23.2. The van der Waals surface area contributed by atoms with Gasteiger partial charge in [-0.2, -0.15) is 0 Å². The maximum absolute atomic E-state index is 2.80. The molecule has 1 aliphatic carbocycles. The summed E-state index contributed by atoms with van der Waals surface area (Å²) in [5.41, 5.74) is 11.1. The number of hydrogen-bond donors (Lipinski definition) is 0. The molecule has 1 aliphatic rings. The van der Waals surface area contributed by atoms with E-state index in [2.05, 4.69) is 181 Å². The molecule has 5 rings (SSSR count). The topological polar surface area (TPSA) is 0 Å². The van der Waals surface area contributed by atoms with Crippen LogP contribution in [-0.2, 0) is 34.6 Å². The molecule has 0 fully saturated rings. The molecule has 1 atom stereocenters. The van der Waals surface area contributed by atoms with Crippen molar-refractivity contribution in [3.05, 3.63) is 129 Å². The van der Waals surface area contributed by atoms with Crippen molar-refractivity contribution in [2.75, 3.05) is 0 Å². The quantitative estimate of drug-likeness (QED) is 0.190. The molecule has 0 nitrogen and oxygen atoms in total. The largest absolute Gasteiger partial charge is 1.00 e. The summed E-state index contributed by atoms with van der Waals surface area (Å²) in [5.74, 6) is 0. The standard InChI is InChI=1S/C39H45Si.3ClH.Ti/c1-26-17-27(2)20-33(19-26)40(34-21-28(3)18-29(4)22-34,37-16-15-30-13-11-12-14-36(30)37)35-24-31(38(5,6)7)23-32(25-35)39(8,9)10;;;;/h11-25H,1-10H3;3*1H;/q;;;;+3/p-3. The molecule has 0 spiro atoms. The molecule has 0 saturated heterocycles. The van der Waals surface area contributed by atoms with Crippen molar-refractivity contribution in [3.63, 3.8) is 0 Å². The third-order valence-electron chi connectivity index (χ3n) is 8.90. The van der Waals surface area contributed by atoms with Crippen molar-refractivity contribution >= 4 is 29.7 Å². The number of fused-ring (bicyclic) bond motifs is 1. The fourth-order valence-corrected chi connectivity index (χ4v) is 15.3. The summed E-state index contributed by atoms with van der Waals surface area (Å²) >= 11 is 2.54. The molecular weight excluding hydrogens is 651 g/mol. The van der Waals surface area contributed by atoms with E-state index in [0.29, 0.717) is 0 Å². The second-order valence-electron chi connectivity index (χ2n) is 14.5. The molecule has 0 saturated carbocycles. The Morgan fingerprint density at radius 3 is 1.34 bits per heavy atom. The molecule has 1 unspecified atom stereocenters. The number of rotatable bonds is 4. The first kappa shape index (κ1) is 38.6. The van der Waals surface area contributed by atoms with E-state index in [0.717, 1.165) is 0 Å². The molecule has 0 N–H and O–H groups in total. The van der Waals surface area contributed by atoms with E-state index in [9.17, 15) is 0 Å². The molecule has 0 amide bonds. The summed E-state index contributed by atoms with van der Waals surface area (Å²) in [7, 11) is -2.80. The van der Waals surface area contributed by atoms with Crippen LogP contribution in [-0.4, -0.2) is 8.07 Å². The predicted octanol–water partition coefficient (Wildman–Crippen LogP) is -0.994. The summed E-state index contributed by atoms with van der Waals surface area (Å²) in [6.07, 6.45) is 4.94. The first-order valence-electron chi connectivity index (χ1n) is 14.9. The molecule has 5 heteroatoms. The molecule has 44 heavy (non-hydrogen) atoms. The molecule has 0 radical (unpaired) electrons. The van der Waals surface area contributed by atoms with E-state index in [1.165, 1.54) is 60.1 Å². The molecule has 4 aromatic carbocycles. The molecule has 0 aliphatic heterocycles. The monoisotopic (exact) mass is 694 g/mol. The van der Waals surface area contributed by atoms with Gasteiger partial charge in [-0.15, -0.1) is 0 Å². The van der Waals surface area contributed by atoms with Crippen LogP contribution in [0.15, 0.2) is 84.9 Å². The van der Waals surface area contributed by atoms with Crippen LogP contribution in [0.3, 0.4) is 0 Å². The Labute approximate surface area is 298 Å². The third kappa shape index (κ3) is 6.76. The predicted molar refractivity (Wildman–Crippen MR) is 177 cm³/mol. The average molecular weight is 696 g/mol. The Kier molecular flexibility index (Phi) is 12.0. The minimum absolute atomic E-state index is 0. The molecule has 0 aromatic heterocycles. The Hall–Kier alpha value is -1.58. The van der Waals surface area contributed by atoms with Crippen LogP contribution in [0.5, 0.6) is 0 Å². The molecule has 4 aromatic rings. The second-order valence-corrected chi connectivity index (χ2v) is 20.6. The van der Waals surface area contributed by atoms with Gasteiger partial charge in [-0.25, -0.2) is 0 Å². The van der Waals surface area contributed by atoms with E-state index >= 15 is 0 Å². The van der Waals surface area contributed by atoms with Gasteiger partial charge in [-0.1, -0.05) is 0 Å². The smallest absolute Gasteiger partial charge is 1.00 e. The van der Waals surface area contributed by atoms with Gasteiger partial charge in [0.25, 0.3) is 0 Å². The zero-order chi connectivity index (χ0) is 30.0. The zero-order valence-electron chi connectivity index (χ0n) is 27.8. The van der Waals surface area contributed by atoms with E-state index in [1.807, 2.05) is 0 Å². The Morgan fingerprint density at radius 2 is 0.932 bits per heavy atom. The number of allylic oxidation sites excluding steroid dienone is 1. The zero-order valence-corrected chi connectivity index (χ0v) is 32.6. The van der Waals surface area contributed by atoms with Gasteiger partial charge < -0.3 is 37.2 Å². The summed E-state index contributed by atoms with van der Waals surface area (Å²) in [4.78, 5) is 0. The van der Waals surface area contributed by atoms with Crippen molar-refractivity contribution in [1.29, 1.82) is 0 Å². The van der Waals surface area contributed by atoms with Crippen LogP contribution in [0.2, 0.25) is 0 Å². The minimum atomic E-state index is -2.80. The van der Waals surface area contributed by atoms with Gasteiger partial charge in [0.05, 0.1) is 0 Å². The molecule has 230 valence electrons. The number of aryl methyl sites for hydroxylation is 4. The molecular formula is C39H45Cl3SiTi. The van der Waals surface area contributed by atoms with E-state index in [4.69, 9.17) is 0 Å². The van der Waals surface area contributed by atoms with Crippen LogP contribution >= 0.6 is 0 Å². The van der Waals surface area contributed by atoms with Gasteiger partial charge in [0.15, 0.2) is 0 Å². The van der Waals surface area contributed by atoms with Crippen molar-refractivity contribution in [2.45, 2.75) is 83.4 Å². The fourth-order valence-electron chi connectivity index (χ4n) is 6.91. The molecule has 0 heterocycles. The number of hydrogen-bond acceptors (Lipinski definition) is 0. The minimum Gasteiger partial charge on any atom is -1.00 e. The third-order valence-corrected chi connectivity index (χ3v) is 16.4. The second kappa shape index (κ2) is 13.6. The van der Waals surface area contributed by atoms with E-state index < -0.39 is 8.07 Å². The maximum Gasteiger partial charge on any atom is -1.00 e. The Balaban J connectivity index is 0.00000225. The SMILES string of the molecule is Cc1cc(C)cc([Si](c2cc(C)cc(C)c2)(c2cc(C(C)(C)C)cc(C(C)(C)C)c2)[C]2([Ti+3])C=Cc3ccccc32)c1.[Cl-].[Cl-].[Cl-]. The van der Waals surface area contributed by atoms with Crippen molar-refractivity contribution in [2.24, 2.45) is 0 Å². The first-order chi connectivity index (χ1) is 19.1.